The molecule has 1 heterocycles. The Balaban J connectivity index is 2.04. The normalized spacial score (nSPS) is 10.4. The molecule has 0 fully saturated rings. The van der Waals surface area contributed by atoms with Crippen LogP contribution in [0.25, 0.3) is 0 Å². The maximum absolute atomic E-state index is 12.9. The van der Waals surface area contributed by atoms with Crippen LogP contribution in [0.4, 0.5) is 4.39 Å². The number of benzene rings is 1. The van der Waals surface area contributed by atoms with Gasteiger partial charge in [-0.3, -0.25) is 4.68 Å². The highest BCUT2D eigenvalue weighted by Gasteiger charge is 2.02. The van der Waals surface area contributed by atoms with Crippen molar-refractivity contribution in [3.05, 3.63) is 47.5 Å². The number of aromatic nitrogens is 2. The van der Waals surface area contributed by atoms with E-state index in [2.05, 4.69) is 5.10 Å². The van der Waals surface area contributed by atoms with Gasteiger partial charge in [0.1, 0.15) is 12.4 Å². The van der Waals surface area contributed by atoms with Gasteiger partial charge in [0.25, 0.3) is 0 Å². The molecule has 0 spiro atoms. The first-order valence-corrected chi connectivity index (χ1v) is 5.01. The van der Waals surface area contributed by atoms with Crippen molar-refractivity contribution in [2.24, 2.45) is 7.05 Å². The van der Waals surface area contributed by atoms with E-state index in [1.807, 2.05) is 14.0 Å². The molecule has 2 aromatic rings. The molecule has 0 atom stereocenters. The standard InChI is InChI=1S/C12H13FN2O/c1-9-5-11(13)4-3-10(9)8-16-12-6-14-15(2)7-12/h3-7H,8H2,1-2H3. The molecule has 4 heteroatoms. The van der Waals surface area contributed by atoms with Crippen molar-refractivity contribution in [1.29, 1.82) is 0 Å². The zero-order valence-electron chi connectivity index (χ0n) is 9.27. The summed E-state index contributed by atoms with van der Waals surface area (Å²) < 4.78 is 20.1. The van der Waals surface area contributed by atoms with Gasteiger partial charge in [0.15, 0.2) is 5.75 Å². The first-order chi connectivity index (χ1) is 7.65. The lowest BCUT2D eigenvalue weighted by atomic mass is 10.1. The molecule has 0 bridgehead atoms. The van der Waals surface area contributed by atoms with Crippen LogP contribution >= 0.6 is 0 Å². The summed E-state index contributed by atoms with van der Waals surface area (Å²) in [6.07, 6.45) is 3.44. The summed E-state index contributed by atoms with van der Waals surface area (Å²) in [4.78, 5) is 0. The van der Waals surface area contributed by atoms with Gasteiger partial charge >= 0.3 is 0 Å². The first kappa shape index (κ1) is 10.7. The molecule has 16 heavy (non-hydrogen) atoms. The van der Waals surface area contributed by atoms with Crippen molar-refractivity contribution in [2.75, 3.05) is 0 Å². The third-order valence-corrected chi connectivity index (χ3v) is 2.38. The zero-order valence-corrected chi connectivity index (χ0v) is 9.27. The van der Waals surface area contributed by atoms with E-state index in [9.17, 15) is 4.39 Å². The van der Waals surface area contributed by atoms with Crippen LogP contribution in [0.15, 0.2) is 30.6 Å². The molecule has 0 aliphatic rings. The smallest absolute Gasteiger partial charge is 0.157 e. The van der Waals surface area contributed by atoms with E-state index in [0.717, 1.165) is 11.1 Å². The number of rotatable bonds is 3. The summed E-state index contributed by atoms with van der Waals surface area (Å²) in [7, 11) is 1.83. The van der Waals surface area contributed by atoms with Crippen molar-refractivity contribution in [1.82, 2.24) is 9.78 Å². The quantitative estimate of drug-likeness (QED) is 0.794. The van der Waals surface area contributed by atoms with Gasteiger partial charge in [-0.15, -0.1) is 0 Å². The van der Waals surface area contributed by atoms with Crippen molar-refractivity contribution in [2.45, 2.75) is 13.5 Å². The van der Waals surface area contributed by atoms with Gasteiger partial charge in [0.05, 0.1) is 12.4 Å². The van der Waals surface area contributed by atoms with E-state index in [-0.39, 0.29) is 5.82 Å². The molecule has 0 saturated carbocycles. The van der Waals surface area contributed by atoms with Crippen LogP contribution in [0.2, 0.25) is 0 Å². The second kappa shape index (κ2) is 4.35. The van der Waals surface area contributed by atoms with E-state index in [1.165, 1.54) is 12.1 Å². The Kier molecular flexibility index (Phi) is 2.90. The average molecular weight is 220 g/mol. The minimum Gasteiger partial charge on any atom is -0.486 e. The van der Waals surface area contributed by atoms with Crippen LogP contribution in [0.3, 0.4) is 0 Å². The predicted octanol–water partition coefficient (Wildman–Crippen LogP) is 2.45. The Labute approximate surface area is 93.5 Å². The maximum Gasteiger partial charge on any atom is 0.157 e. The van der Waals surface area contributed by atoms with Crippen molar-refractivity contribution in [3.8, 4) is 5.75 Å². The summed E-state index contributed by atoms with van der Waals surface area (Å²) in [6.45, 7) is 2.29. The van der Waals surface area contributed by atoms with E-state index in [0.29, 0.717) is 12.4 Å². The number of hydrogen-bond donors (Lipinski definition) is 0. The lowest BCUT2D eigenvalue weighted by molar-refractivity contribution is 0.305. The fraction of sp³-hybridized carbons (Fsp3) is 0.250. The highest BCUT2D eigenvalue weighted by atomic mass is 19.1. The third-order valence-electron chi connectivity index (χ3n) is 2.38. The van der Waals surface area contributed by atoms with E-state index in [4.69, 9.17) is 4.74 Å². The van der Waals surface area contributed by atoms with Gasteiger partial charge in [-0.25, -0.2) is 4.39 Å². The minimum absolute atomic E-state index is 0.220. The van der Waals surface area contributed by atoms with Gasteiger partial charge in [-0.2, -0.15) is 5.10 Å². The Bertz CT molecular complexity index is 494. The van der Waals surface area contributed by atoms with Crippen molar-refractivity contribution >= 4 is 0 Å². The Morgan fingerprint density at radius 3 is 2.88 bits per heavy atom. The van der Waals surface area contributed by atoms with Crippen LogP contribution in [0.5, 0.6) is 5.75 Å². The molecular formula is C12H13FN2O. The topological polar surface area (TPSA) is 27.1 Å². The molecule has 0 unspecified atom stereocenters. The molecule has 0 N–H and O–H groups in total. The lowest BCUT2D eigenvalue weighted by Crippen LogP contribution is -1.97. The fourth-order valence-electron chi connectivity index (χ4n) is 1.46. The molecular weight excluding hydrogens is 207 g/mol. The number of hydrogen-bond acceptors (Lipinski definition) is 2. The molecule has 3 nitrogen and oxygen atoms in total. The van der Waals surface area contributed by atoms with Gasteiger partial charge in [-0.05, 0) is 30.2 Å². The van der Waals surface area contributed by atoms with E-state index in [1.54, 1.807) is 23.1 Å². The first-order valence-electron chi connectivity index (χ1n) is 5.01. The number of ether oxygens (including phenoxy) is 1. The van der Waals surface area contributed by atoms with Gasteiger partial charge in [0, 0.05) is 7.05 Å². The summed E-state index contributed by atoms with van der Waals surface area (Å²) in [6, 6.07) is 4.68. The van der Waals surface area contributed by atoms with Gasteiger partial charge in [-0.1, -0.05) is 6.07 Å². The Morgan fingerprint density at radius 2 is 2.25 bits per heavy atom. The molecule has 0 saturated heterocycles. The summed E-state index contributed by atoms with van der Waals surface area (Å²) in [5, 5.41) is 4.00. The van der Waals surface area contributed by atoms with Crippen LogP contribution < -0.4 is 4.74 Å². The van der Waals surface area contributed by atoms with Crippen LogP contribution in [-0.4, -0.2) is 9.78 Å². The zero-order chi connectivity index (χ0) is 11.5. The monoisotopic (exact) mass is 220 g/mol. The summed E-state index contributed by atoms with van der Waals surface area (Å²) >= 11 is 0. The Hall–Kier alpha value is -1.84. The fourth-order valence-corrected chi connectivity index (χ4v) is 1.46. The second-order valence-electron chi connectivity index (χ2n) is 3.71. The van der Waals surface area contributed by atoms with Crippen LogP contribution in [-0.2, 0) is 13.7 Å². The molecule has 84 valence electrons. The summed E-state index contributed by atoms with van der Waals surface area (Å²) in [5.41, 5.74) is 1.87. The van der Waals surface area contributed by atoms with Crippen molar-refractivity contribution < 1.29 is 9.13 Å². The van der Waals surface area contributed by atoms with Crippen LogP contribution in [0, 0.1) is 12.7 Å². The summed E-state index contributed by atoms with van der Waals surface area (Å²) in [5.74, 6) is 0.494. The molecule has 0 aliphatic heterocycles. The number of aryl methyl sites for hydroxylation is 2. The van der Waals surface area contributed by atoms with E-state index < -0.39 is 0 Å². The molecule has 0 amide bonds. The van der Waals surface area contributed by atoms with Crippen LogP contribution in [0.1, 0.15) is 11.1 Å². The lowest BCUT2D eigenvalue weighted by Gasteiger charge is -2.06. The molecule has 1 aromatic heterocycles. The van der Waals surface area contributed by atoms with Crippen molar-refractivity contribution in [3.63, 3.8) is 0 Å². The molecule has 2 rings (SSSR count). The second-order valence-corrected chi connectivity index (χ2v) is 3.71. The minimum atomic E-state index is -0.220. The number of halogens is 1. The highest BCUT2D eigenvalue weighted by molar-refractivity contribution is 5.26. The van der Waals surface area contributed by atoms with Gasteiger partial charge in [0.2, 0.25) is 0 Å². The van der Waals surface area contributed by atoms with Gasteiger partial charge < -0.3 is 4.74 Å². The largest absolute Gasteiger partial charge is 0.486 e. The molecule has 0 radical (unpaired) electrons. The SMILES string of the molecule is Cc1cc(F)ccc1COc1cnn(C)c1. The van der Waals surface area contributed by atoms with E-state index >= 15 is 0 Å². The maximum atomic E-state index is 12.9. The molecule has 1 aromatic carbocycles. The number of nitrogens with zero attached hydrogens (tertiary/aromatic N) is 2. The average Bonchev–Trinajstić information content (AvgIpc) is 2.63. The predicted molar refractivity (Wildman–Crippen MR) is 58.7 cm³/mol. The third kappa shape index (κ3) is 2.39. The highest BCUT2D eigenvalue weighted by Crippen LogP contribution is 2.14. The Morgan fingerprint density at radius 1 is 1.44 bits per heavy atom. The molecule has 0 aliphatic carbocycles.